The first kappa shape index (κ1) is 13.0. The molecule has 4 nitrogen and oxygen atoms in total. The van der Waals surface area contributed by atoms with Crippen LogP contribution in [0.3, 0.4) is 0 Å². The van der Waals surface area contributed by atoms with Crippen LogP contribution in [0.2, 0.25) is 0 Å². The molecule has 0 saturated heterocycles. The number of rotatable bonds is 5. The number of anilines is 1. The molecule has 1 saturated carbocycles. The molecule has 1 aliphatic carbocycles. The van der Waals surface area contributed by atoms with E-state index < -0.39 is 0 Å². The number of nitrogens with zero attached hydrogens (tertiary/aromatic N) is 3. The first-order chi connectivity index (χ1) is 9.13. The molecule has 0 spiro atoms. The number of nitrogens with one attached hydrogen (secondary N) is 1. The SMILES string of the molecule is CC(C)c1nc([C@H](C)Nc2nc(C3CC3)ns2)cs1. The minimum atomic E-state index is 0.184. The van der Waals surface area contributed by atoms with Gasteiger partial charge in [-0.25, -0.2) is 9.97 Å². The molecule has 1 fully saturated rings. The molecule has 1 N–H and O–H groups in total. The van der Waals surface area contributed by atoms with E-state index in [0.29, 0.717) is 11.8 Å². The lowest BCUT2D eigenvalue weighted by atomic mass is 10.2. The molecule has 0 radical (unpaired) electrons. The summed E-state index contributed by atoms with van der Waals surface area (Å²) in [6.45, 7) is 6.47. The number of hydrogen-bond donors (Lipinski definition) is 1. The lowest BCUT2D eigenvalue weighted by Gasteiger charge is -2.09. The van der Waals surface area contributed by atoms with E-state index in [1.165, 1.54) is 29.4 Å². The summed E-state index contributed by atoms with van der Waals surface area (Å²) >= 11 is 3.19. The molecule has 0 bridgehead atoms. The quantitative estimate of drug-likeness (QED) is 0.899. The van der Waals surface area contributed by atoms with E-state index >= 15 is 0 Å². The van der Waals surface area contributed by atoms with Gasteiger partial charge in [0.1, 0.15) is 5.82 Å². The van der Waals surface area contributed by atoms with Gasteiger partial charge in [0, 0.05) is 28.7 Å². The van der Waals surface area contributed by atoms with Crippen LogP contribution in [0.5, 0.6) is 0 Å². The Morgan fingerprint density at radius 1 is 1.26 bits per heavy atom. The van der Waals surface area contributed by atoms with Gasteiger partial charge in [-0.3, -0.25) is 0 Å². The molecule has 1 atom stereocenters. The molecule has 0 aliphatic heterocycles. The zero-order valence-corrected chi connectivity index (χ0v) is 13.0. The predicted molar refractivity (Wildman–Crippen MR) is 80.1 cm³/mol. The number of hydrogen-bond acceptors (Lipinski definition) is 6. The highest BCUT2D eigenvalue weighted by Crippen LogP contribution is 2.39. The van der Waals surface area contributed by atoms with E-state index in [1.54, 1.807) is 11.3 Å². The maximum atomic E-state index is 4.67. The van der Waals surface area contributed by atoms with Crippen molar-refractivity contribution < 1.29 is 0 Å². The molecular weight excluding hydrogens is 276 g/mol. The summed E-state index contributed by atoms with van der Waals surface area (Å²) in [5.41, 5.74) is 1.09. The third kappa shape index (κ3) is 2.95. The van der Waals surface area contributed by atoms with Crippen molar-refractivity contribution in [3.8, 4) is 0 Å². The second kappa shape index (κ2) is 5.17. The average Bonchev–Trinajstić information content (AvgIpc) is 2.92. The molecule has 0 amide bonds. The summed E-state index contributed by atoms with van der Waals surface area (Å²) in [5, 5.41) is 7.64. The topological polar surface area (TPSA) is 50.7 Å². The smallest absolute Gasteiger partial charge is 0.203 e. The van der Waals surface area contributed by atoms with Crippen molar-refractivity contribution in [3.63, 3.8) is 0 Å². The second-order valence-electron chi connectivity index (χ2n) is 5.36. The molecule has 2 aromatic rings. The van der Waals surface area contributed by atoms with Gasteiger partial charge in [0.25, 0.3) is 0 Å². The molecule has 6 heteroatoms. The fourth-order valence-corrected chi connectivity index (χ4v) is 3.49. The molecule has 19 heavy (non-hydrogen) atoms. The molecule has 0 unspecified atom stereocenters. The Balaban J connectivity index is 1.66. The Morgan fingerprint density at radius 3 is 2.68 bits per heavy atom. The van der Waals surface area contributed by atoms with E-state index in [-0.39, 0.29) is 6.04 Å². The Morgan fingerprint density at radius 2 is 2.05 bits per heavy atom. The van der Waals surface area contributed by atoms with Gasteiger partial charge in [-0.2, -0.15) is 4.37 Å². The van der Waals surface area contributed by atoms with Crippen LogP contribution < -0.4 is 5.32 Å². The van der Waals surface area contributed by atoms with E-state index in [0.717, 1.165) is 16.6 Å². The van der Waals surface area contributed by atoms with Crippen LogP contribution in [0.1, 0.15) is 68.0 Å². The van der Waals surface area contributed by atoms with Crippen molar-refractivity contribution in [2.24, 2.45) is 0 Å². The van der Waals surface area contributed by atoms with E-state index in [2.05, 4.69) is 45.8 Å². The molecule has 2 aromatic heterocycles. The standard InChI is InChI=1S/C13H18N4S2/c1-7(2)12-15-10(6-18-12)8(3)14-13-16-11(17-19-13)9-4-5-9/h6-9H,4-5H2,1-3H3,(H,14,16,17)/t8-/m0/s1. The Labute approximate surface area is 121 Å². The number of aromatic nitrogens is 3. The Bertz CT molecular complexity index is 556. The van der Waals surface area contributed by atoms with Crippen LogP contribution in [0.15, 0.2) is 5.38 Å². The van der Waals surface area contributed by atoms with Crippen LogP contribution >= 0.6 is 22.9 Å². The summed E-state index contributed by atoms with van der Waals surface area (Å²) < 4.78 is 4.41. The van der Waals surface area contributed by atoms with Crippen LogP contribution in [0, 0.1) is 0 Å². The first-order valence-electron chi connectivity index (χ1n) is 6.69. The zero-order valence-electron chi connectivity index (χ0n) is 11.4. The monoisotopic (exact) mass is 294 g/mol. The summed E-state index contributed by atoms with van der Waals surface area (Å²) in [6.07, 6.45) is 2.49. The zero-order chi connectivity index (χ0) is 13.4. The van der Waals surface area contributed by atoms with E-state index in [9.17, 15) is 0 Å². The molecule has 1 aliphatic rings. The largest absolute Gasteiger partial charge is 0.352 e. The third-order valence-electron chi connectivity index (χ3n) is 3.20. The Kier molecular flexibility index (Phi) is 3.54. The van der Waals surface area contributed by atoms with Gasteiger partial charge in [-0.1, -0.05) is 13.8 Å². The maximum absolute atomic E-state index is 4.67. The van der Waals surface area contributed by atoms with Crippen molar-refractivity contribution in [2.45, 2.75) is 51.5 Å². The molecule has 0 aromatic carbocycles. The van der Waals surface area contributed by atoms with Gasteiger partial charge in [-0.15, -0.1) is 11.3 Å². The highest BCUT2D eigenvalue weighted by atomic mass is 32.1. The summed E-state index contributed by atoms with van der Waals surface area (Å²) in [7, 11) is 0. The minimum absolute atomic E-state index is 0.184. The molecule has 3 rings (SSSR count). The van der Waals surface area contributed by atoms with Gasteiger partial charge in [0.2, 0.25) is 5.13 Å². The van der Waals surface area contributed by atoms with Crippen LogP contribution in [0.4, 0.5) is 5.13 Å². The van der Waals surface area contributed by atoms with Crippen molar-refractivity contribution in [2.75, 3.05) is 5.32 Å². The number of thiazole rings is 1. The highest BCUT2D eigenvalue weighted by molar-refractivity contribution is 7.10. The van der Waals surface area contributed by atoms with Gasteiger partial charge >= 0.3 is 0 Å². The molecule has 102 valence electrons. The summed E-state index contributed by atoms with van der Waals surface area (Å²) in [4.78, 5) is 9.22. The van der Waals surface area contributed by atoms with Gasteiger partial charge in [0.15, 0.2) is 0 Å². The fourth-order valence-electron chi connectivity index (χ4n) is 1.82. The summed E-state index contributed by atoms with van der Waals surface area (Å²) in [5.74, 6) is 2.13. The lowest BCUT2D eigenvalue weighted by Crippen LogP contribution is -2.07. The predicted octanol–water partition coefficient (Wildman–Crippen LogP) is 4.17. The highest BCUT2D eigenvalue weighted by Gasteiger charge is 2.28. The van der Waals surface area contributed by atoms with Crippen molar-refractivity contribution in [1.82, 2.24) is 14.3 Å². The van der Waals surface area contributed by atoms with Crippen molar-refractivity contribution in [1.29, 1.82) is 0 Å². The van der Waals surface area contributed by atoms with Crippen LogP contribution in [0.25, 0.3) is 0 Å². The van der Waals surface area contributed by atoms with Crippen LogP contribution in [-0.2, 0) is 0 Å². The fraction of sp³-hybridized carbons (Fsp3) is 0.615. The van der Waals surface area contributed by atoms with Gasteiger partial charge in [0.05, 0.1) is 16.7 Å². The van der Waals surface area contributed by atoms with Crippen molar-refractivity contribution in [3.05, 3.63) is 21.9 Å². The third-order valence-corrected chi connectivity index (χ3v) is 5.03. The second-order valence-corrected chi connectivity index (χ2v) is 7.00. The van der Waals surface area contributed by atoms with Crippen molar-refractivity contribution >= 4 is 28.0 Å². The van der Waals surface area contributed by atoms with Gasteiger partial charge < -0.3 is 5.32 Å². The van der Waals surface area contributed by atoms with Crippen LogP contribution in [-0.4, -0.2) is 14.3 Å². The van der Waals surface area contributed by atoms with E-state index in [1.807, 2.05) is 0 Å². The normalized spacial score (nSPS) is 16.8. The minimum Gasteiger partial charge on any atom is -0.352 e. The lowest BCUT2D eigenvalue weighted by molar-refractivity contribution is 0.799. The maximum Gasteiger partial charge on any atom is 0.203 e. The first-order valence-corrected chi connectivity index (χ1v) is 8.34. The Hall–Kier alpha value is -1.01. The molecular formula is C13H18N4S2. The average molecular weight is 294 g/mol. The van der Waals surface area contributed by atoms with E-state index in [4.69, 9.17) is 0 Å². The van der Waals surface area contributed by atoms with Gasteiger partial charge in [-0.05, 0) is 19.8 Å². The summed E-state index contributed by atoms with van der Waals surface area (Å²) in [6, 6.07) is 0.184. The molecule has 2 heterocycles.